The van der Waals surface area contributed by atoms with Gasteiger partial charge in [0.1, 0.15) is 6.04 Å². The second kappa shape index (κ2) is 5.45. The summed E-state index contributed by atoms with van der Waals surface area (Å²) in [6.07, 6.45) is -1.13. The maximum atomic E-state index is 13.1. The largest absolute Gasteiger partial charge is 0.465 e. The molecular formula is C11H16F4N2O3. The number of alkyl halides is 4. The van der Waals surface area contributed by atoms with Gasteiger partial charge < -0.3 is 15.3 Å². The third-order valence-electron chi connectivity index (χ3n) is 3.38. The van der Waals surface area contributed by atoms with E-state index in [-0.39, 0.29) is 0 Å². The van der Waals surface area contributed by atoms with Gasteiger partial charge in [-0.05, 0) is 5.92 Å². The molecule has 1 saturated heterocycles. The van der Waals surface area contributed by atoms with Crippen molar-refractivity contribution in [2.75, 3.05) is 13.1 Å². The molecule has 0 aliphatic carbocycles. The predicted octanol–water partition coefficient (Wildman–Crippen LogP) is 1.78. The maximum Gasteiger partial charge on any atom is 0.405 e. The van der Waals surface area contributed by atoms with E-state index in [1.807, 2.05) is 5.32 Å². The number of hydrogen-bond acceptors (Lipinski definition) is 2. The first-order valence-electron chi connectivity index (χ1n) is 6.05. The third kappa shape index (κ3) is 3.13. The SMILES string of the molecule is CC[C@H](C)[C@H](NC(=O)O)C(=O)N1CC(F)(F)C(F)(F)C1. The summed E-state index contributed by atoms with van der Waals surface area (Å²) in [5.74, 6) is -10.2. The van der Waals surface area contributed by atoms with Crippen LogP contribution in [0.3, 0.4) is 0 Å². The first-order valence-corrected chi connectivity index (χ1v) is 6.05. The second-order valence-electron chi connectivity index (χ2n) is 4.92. The van der Waals surface area contributed by atoms with Gasteiger partial charge in [0, 0.05) is 0 Å². The van der Waals surface area contributed by atoms with Crippen molar-refractivity contribution in [3.05, 3.63) is 0 Å². The Morgan fingerprint density at radius 3 is 2.05 bits per heavy atom. The molecule has 1 fully saturated rings. The highest BCUT2D eigenvalue weighted by molar-refractivity contribution is 5.86. The Hall–Kier alpha value is -1.54. The van der Waals surface area contributed by atoms with E-state index in [0.29, 0.717) is 11.3 Å². The molecule has 0 aromatic carbocycles. The number of hydrogen-bond donors (Lipinski definition) is 2. The highest BCUT2D eigenvalue weighted by Crippen LogP contribution is 2.41. The van der Waals surface area contributed by atoms with Crippen LogP contribution in [0.4, 0.5) is 22.4 Å². The molecule has 1 aliphatic rings. The summed E-state index contributed by atoms with van der Waals surface area (Å²) in [7, 11) is 0. The van der Waals surface area contributed by atoms with Crippen LogP contribution in [0.1, 0.15) is 20.3 Å². The van der Waals surface area contributed by atoms with Crippen molar-refractivity contribution in [2.45, 2.75) is 38.2 Å². The van der Waals surface area contributed by atoms with Crippen molar-refractivity contribution in [1.29, 1.82) is 0 Å². The van der Waals surface area contributed by atoms with Crippen LogP contribution in [-0.4, -0.2) is 53.0 Å². The Morgan fingerprint density at radius 2 is 1.70 bits per heavy atom. The predicted molar refractivity (Wildman–Crippen MR) is 60.9 cm³/mol. The molecule has 0 aromatic rings. The Morgan fingerprint density at radius 1 is 1.25 bits per heavy atom. The number of likely N-dealkylation sites (tertiary alicyclic amines) is 1. The van der Waals surface area contributed by atoms with Gasteiger partial charge in [-0.3, -0.25) is 4.79 Å². The van der Waals surface area contributed by atoms with E-state index >= 15 is 0 Å². The zero-order valence-electron chi connectivity index (χ0n) is 11.0. The normalized spacial score (nSPS) is 23.2. The van der Waals surface area contributed by atoms with Crippen molar-refractivity contribution in [1.82, 2.24) is 10.2 Å². The zero-order chi connectivity index (χ0) is 15.7. The van der Waals surface area contributed by atoms with Gasteiger partial charge >= 0.3 is 17.9 Å². The molecule has 9 heteroatoms. The quantitative estimate of drug-likeness (QED) is 0.778. The molecule has 0 aromatic heterocycles. The number of rotatable bonds is 4. The topological polar surface area (TPSA) is 69.6 Å². The Kier molecular flexibility index (Phi) is 4.50. The van der Waals surface area contributed by atoms with Gasteiger partial charge in [0.25, 0.3) is 0 Å². The molecule has 0 radical (unpaired) electrons. The lowest BCUT2D eigenvalue weighted by molar-refractivity contribution is -0.172. The van der Waals surface area contributed by atoms with Crippen LogP contribution in [0, 0.1) is 5.92 Å². The van der Waals surface area contributed by atoms with Crippen LogP contribution >= 0.6 is 0 Å². The minimum absolute atomic E-state index is 0.312. The molecular weight excluding hydrogens is 284 g/mol. The lowest BCUT2D eigenvalue weighted by Crippen LogP contribution is -2.51. The van der Waals surface area contributed by atoms with Crippen LogP contribution in [0.2, 0.25) is 0 Å². The molecule has 1 rings (SSSR count). The molecule has 1 aliphatic heterocycles. The average Bonchev–Trinajstić information content (AvgIpc) is 2.53. The molecule has 1 heterocycles. The summed E-state index contributed by atoms with van der Waals surface area (Å²) in [5.41, 5.74) is 0. The number of carboxylic acid groups (broad SMARTS) is 1. The van der Waals surface area contributed by atoms with Crippen LogP contribution in [0.25, 0.3) is 0 Å². The van der Waals surface area contributed by atoms with Crippen LogP contribution < -0.4 is 5.32 Å². The molecule has 0 unspecified atom stereocenters. The molecule has 2 amide bonds. The van der Waals surface area contributed by atoms with E-state index < -0.39 is 48.9 Å². The summed E-state index contributed by atoms with van der Waals surface area (Å²) in [5, 5.41) is 10.5. The molecule has 2 atom stereocenters. The van der Waals surface area contributed by atoms with E-state index in [2.05, 4.69) is 0 Å². The number of amides is 2. The fraction of sp³-hybridized carbons (Fsp3) is 0.818. The van der Waals surface area contributed by atoms with E-state index in [1.54, 1.807) is 6.92 Å². The minimum atomic E-state index is -4.30. The van der Waals surface area contributed by atoms with E-state index in [0.717, 1.165) is 0 Å². The third-order valence-corrected chi connectivity index (χ3v) is 3.38. The highest BCUT2D eigenvalue weighted by atomic mass is 19.3. The molecule has 2 N–H and O–H groups in total. The first kappa shape index (κ1) is 16.5. The monoisotopic (exact) mass is 300 g/mol. The lowest BCUT2D eigenvalue weighted by Gasteiger charge is -2.26. The summed E-state index contributed by atoms with van der Waals surface area (Å²) in [4.78, 5) is 22.9. The number of carbonyl (C=O) groups excluding carboxylic acids is 1. The maximum absolute atomic E-state index is 13.1. The van der Waals surface area contributed by atoms with E-state index in [4.69, 9.17) is 5.11 Å². The van der Waals surface area contributed by atoms with Crippen molar-refractivity contribution in [3.63, 3.8) is 0 Å². The van der Waals surface area contributed by atoms with Gasteiger partial charge in [-0.2, -0.15) is 17.6 Å². The summed E-state index contributed by atoms with van der Waals surface area (Å²) in [6, 6.07) is -1.32. The van der Waals surface area contributed by atoms with Gasteiger partial charge in [-0.15, -0.1) is 0 Å². The van der Waals surface area contributed by atoms with Crippen molar-refractivity contribution >= 4 is 12.0 Å². The average molecular weight is 300 g/mol. The number of carbonyl (C=O) groups is 2. The zero-order valence-corrected chi connectivity index (χ0v) is 11.0. The molecule has 20 heavy (non-hydrogen) atoms. The Bertz CT molecular complexity index is 387. The van der Waals surface area contributed by atoms with Crippen LogP contribution in [0.15, 0.2) is 0 Å². The Balaban J connectivity index is 2.89. The summed E-state index contributed by atoms with van der Waals surface area (Å²) in [6.45, 7) is 0.382. The molecule has 5 nitrogen and oxygen atoms in total. The minimum Gasteiger partial charge on any atom is -0.465 e. The number of halogens is 4. The molecule has 0 saturated carbocycles. The van der Waals surface area contributed by atoms with Crippen molar-refractivity contribution in [3.8, 4) is 0 Å². The number of nitrogens with zero attached hydrogens (tertiary/aromatic N) is 1. The Labute approximate surface area is 112 Å². The van der Waals surface area contributed by atoms with E-state index in [1.165, 1.54) is 6.92 Å². The summed E-state index contributed by atoms with van der Waals surface area (Å²) >= 11 is 0. The fourth-order valence-electron chi connectivity index (χ4n) is 1.94. The highest BCUT2D eigenvalue weighted by Gasteiger charge is 2.64. The van der Waals surface area contributed by atoms with Crippen LogP contribution in [0.5, 0.6) is 0 Å². The summed E-state index contributed by atoms with van der Waals surface area (Å²) < 4.78 is 52.2. The van der Waals surface area contributed by atoms with Gasteiger partial charge in [0.15, 0.2) is 0 Å². The van der Waals surface area contributed by atoms with E-state index in [9.17, 15) is 27.2 Å². The number of nitrogens with one attached hydrogen (secondary N) is 1. The second-order valence-corrected chi connectivity index (χ2v) is 4.92. The molecule has 0 bridgehead atoms. The van der Waals surface area contributed by atoms with Crippen molar-refractivity contribution < 1.29 is 32.3 Å². The smallest absolute Gasteiger partial charge is 0.405 e. The van der Waals surface area contributed by atoms with Gasteiger partial charge in [0.2, 0.25) is 5.91 Å². The van der Waals surface area contributed by atoms with Gasteiger partial charge in [0.05, 0.1) is 13.1 Å². The lowest BCUT2D eigenvalue weighted by atomic mass is 9.98. The standard InChI is InChI=1S/C11H16F4N2O3/c1-3-6(2)7(16-9(19)20)8(18)17-4-10(12,13)11(14,15)5-17/h6-7,16H,3-5H2,1-2H3,(H,19,20)/t6-,7-/m0/s1. The molecule has 0 spiro atoms. The van der Waals surface area contributed by atoms with Gasteiger partial charge in [-0.1, -0.05) is 20.3 Å². The van der Waals surface area contributed by atoms with Gasteiger partial charge in [-0.25, -0.2) is 4.79 Å². The first-order chi connectivity index (χ1) is 9.01. The molecule has 116 valence electrons. The fourth-order valence-corrected chi connectivity index (χ4v) is 1.94. The van der Waals surface area contributed by atoms with Crippen LogP contribution in [-0.2, 0) is 4.79 Å². The van der Waals surface area contributed by atoms with Crippen molar-refractivity contribution in [2.24, 2.45) is 5.92 Å².